The predicted octanol–water partition coefficient (Wildman–Crippen LogP) is 0.795. The van der Waals surface area contributed by atoms with Crippen molar-refractivity contribution in [1.29, 1.82) is 0 Å². The van der Waals surface area contributed by atoms with E-state index in [1.54, 1.807) is 0 Å². The van der Waals surface area contributed by atoms with Crippen LogP contribution >= 0.6 is 0 Å². The summed E-state index contributed by atoms with van der Waals surface area (Å²) in [6.07, 6.45) is 0.582. The van der Waals surface area contributed by atoms with Crippen LogP contribution in [0, 0.1) is 0 Å². The maximum Gasteiger partial charge on any atom is 0.0589 e. The number of rotatable bonds is 8. The molecule has 152 valence electrons. The molecule has 2 atom stereocenters. The molecule has 1 aliphatic heterocycles. The first kappa shape index (κ1) is 24.8. The lowest BCUT2D eigenvalue weighted by Crippen LogP contribution is -2.53. The van der Waals surface area contributed by atoms with Crippen LogP contribution in [0.2, 0.25) is 0 Å². The Morgan fingerprint density at radius 2 is 1.56 bits per heavy atom. The molecule has 6 nitrogen and oxygen atoms in total. The largest absolute Gasteiger partial charge is 0.329 e. The summed E-state index contributed by atoms with van der Waals surface area (Å²) < 4.78 is 0. The van der Waals surface area contributed by atoms with Gasteiger partial charge in [0.1, 0.15) is 0 Å². The normalized spacial score (nSPS) is 19.7. The molecule has 0 aromatic carbocycles. The molecule has 0 aromatic heterocycles. The minimum Gasteiger partial charge on any atom is -0.329 e. The van der Waals surface area contributed by atoms with Crippen LogP contribution in [0.1, 0.15) is 34.6 Å². The van der Waals surface area contributed by atoms with Gasteiger partial charge in [-0.2, -0.15) is 0 Å². The van der Waals surface area contributed by atoms with Crippen LogP contribution in [0.4, 0.5) is 0 Å². The monoisotopic (exact) mass is 358 g/mol. The summed E-state index contributed by atoms with van der Waals surface area (Å²) in [6.45, 7) is 18.8. The van der Waals surface area contributed by atoms with Crippen molar-refractivity contribution in [2.45, 2.75) is 52.4 Å². The molecule has 0 saturated carbocycles. The number of piperazine rings is 1. The summed E-state index contributed by atoms with van der Waals surface area (Å²) in [5, 5.41) is 3.47. The Kier molecular flexibility index (Phi) is 12.1. The molecule has 3 N–H and O–H groups in total. The highest BCUT2D eigenvalue weighted by molar-refractivity contribution is 4.82. The van der Waals surface area contributed by atoms with E-state index < -0.39 is 0 Å². The lowest BCUT2D eigenvalue weighted by molar-refractivity contribution is 0.0436. The van der Waals surface area contributed by atoms with E-state index in [0.29, 0.717) is 18.8 Å². The quantitative estimate of drug-likeness (QED) is 0.669. The van der Waals surface area contributed by atoms with Gasteiger partial charge in [0.05, 0.1) is 6.17 Å². The molecular formula is C19H46N6. The van der Waals surface area contributed by atoms with Crippen molar-refractivity contribution in [3.05, 3.63) is 0 Å². The second-order valence-electron chi connectivity index (χ2n) is 8.46. The van der Waals surface area contributed by atoms with Crippen LogP contribution in [0.25, 0.3) is 0 Å². The number of nitrogens with two attached hydrogens (primary N) is 1. The zero-order valence-electron chi connectivity index (χ0n) is 18.5. The van der Waals surface area contributed by atoms with Crippen LogP contribution in [0.3, 0.4) is 0 Å². The van der Waals surface area contributed by atoms with Gasteiger partial charge < -0.3 is 20.9 Å². The second-order valence-corrected chi connectivity index (χ2v) is 8.46. The fourth-order valence-electron chi connectivity index (χ4n) is 3.10. The van der Waals surface area contributed by atoms with E-state index in [4.69, 9.17) is 5.73 Å². The molecule has 1 rings (SSSR count). The zero-order chi connectivity index (χ0) is 19.6. The lowest BCUT2D eigenvalue weighted by Gasteiger charge is -2.39. The number of hydrogen-bond acceptors (Lipinski definition) is 6. The lowest BCUT2D eigenvalue weighted by atomic mass is 10.0. The van der Waals surface area contributed by atoms with E-state index in [9.17, 15) is 0 Å². The second kappa shape index (κ2) is 12.2. The Morgan fingerprint density at radius 3 is 1.92 bits per heavy atom. The summed E-state index contributed by atoms with van der Waals surface area (Å²) in [5.74, 6) is 0. The first-order chi connectivity index (χ1) is 11.5. The van der Waals surface area contributed by atoms with Crippen molar-refractivity contribution in [3.63, 3.8) is 0 Å². The minimum absolute atomic E-state index is 0.0510. The molecule has 6 heteroatoms. The fourth-order valence-corrected chi connectivity index (χ4v) is 3.10. The Morgan fingerprint density at radius 1 is 1.04 bits per heavy atom. The van der Waals surface area contributed by atoms with Crippen molar-refractivity contribution in [3.8, 4) is 0 Å². The highest BCUT2D eigenvalue weighted by Crippen LogP contribution is 2.07. The molecule has 0 amide bonds. The van der Waals surface area contributed by atoms with Crippen LogP contribution in [-0.2, 0) is 0 Å². The van der Waals surface area contributed by atoms with Gasteiger partial charge in [0.25, 0.3) is 0 Å². The number of nitrogens with zero attached hydrogens (tertiary/aromatic N) is 4. The summed E-state index contributed by atoms with van der Waals surface area (Å²) in [6, 6.07) is 0.485. The van der Waals surface area contributed by atoms with Gasteiger partial charge in [-0.1, -0.05) is 6.92 Å². The van der Waals surface area contributed by atoms with Gasteiger partial charge in [-0.15, -0.1) is 0 Å². The van der Waals surface area contributed by atoms with Gasteiger partial charge in [0, 0.05) is 50.8 Å². The standard InChI is InChI=1S/C10H23N3.C9H23N3/c1-5-12-6-8-13(9-7-12)10(2)11(3)4;1-8(6-12(4)5)11-9(2,3)7-10/h10H,5-9H2,1-4H3;8,11H,6-7,10H2,1-5H3. The predicted molar refractivity (Wildman–Crippen MR) is 111 cm³/mol. The molecule has 0 bridgehead atoms. The van der Waals surface area contributed by atoms with Gasteiger partial charge in [-0.3, -0.25) is 9.80 Å². The zero-order valence-corrected chi connectivity index (χ0v) is 18.5. The highest BCUT2D eigenvalue weighted by atomic mass is 15.4. The van der Waals surface area contributed by atoms with E-state index >= 15 is 0 Å². The van der Waals surface area contributed by atoms with Crippen LogP contribution in [0.5, 0.6) is 0 Å². The van der Waals surface area contributed by atoms with E-state index in [1.807, 2.05) is 0 Å². The van der Waals surface area contributed by atoms with Crippen molar-refractivity contribution in [2.75, 3.05) is 74.0 Å². The van der Waals surface area contributed by atoms with E-state index in [1.165, 1.54) is 32.7 Å². The number of likely N-dealkylation sites (N-methyl/N-ethyl adjacent to an activating group) is 2. The van der Waals surface area contributed by atoms with Gasteiger partial charge in [-0.25, -0.2) is 0 Å². The smallest absolute Gasteiger partial charge is 0.0589 e. The molecule has 0 radical (unpaired) electrons. The van der Waals surface area contributed by atoms with Gasteiger partial charge in [0.2, 0.25) is 0 Å². The molecule has 1 saturated heterocycles. The van der Waals surface area contributed by atoms with E-state index in [-0.39, 0.29) is 5.54 Å². The van der Waals surface area contributed by atoms with Crippen molar-refractivity contribution >= 4 is 0 Å². The van der Waals surface area contributed by atoms with E-state index in [2.05, 4.69) is 87.7 Å². The molecule has 0 spiro atoms. The van der Waals surface area contributed by atoms with Crippen LogP contribution in [-0.4, -0.2) is 111 Å². The molecule has 2 unspecified atom stereocenters. The van der Waals surface area contributed by atoms with Gasteiger partial charge in [0.15, 0.2) is 0 Å². The molecule has 1 aliphatic rings. The molecule has 0 aromatic rings. The molecule has 1 fully saturated rings. The Balaban J connectivity index is 0.000000463. The van der Waals surface area contributed by atoms with Crippen molar-refractivity contribution < 1.29 is 0 Å². The maximum absolute atomic E-state index is 5.61. The van der Waals surface area contributed by atoms with Gasteiger partial charge >= 0.3 is 0 Å². The Hall–Kier alpha value is -0.240. The first-order valence-corrected chi connectivity index (χ1v) is 9.77. The topological polar surface area (TPSA) is 51.0 Å². The first-order valence-electron chi connectivity index (χ1n) is 9.77. The molecule has 0 aliphatic carbocycles. The average molecular weight is 359 g/mol. The third-order valence-electron chi connectivity index (χ3n) is 4.92. The third-order valence-corrected chi connectivity index (χ3v) is 4.92. The van der Waals surface area contributed by atoms with Crippen molar-refractivity contribution in [1.82, 2.24) is 24.9 Å². The van der Waals surface area contributed by atoms with Crippen molar-refractivity contribution in [2.24, 2.45) is 5.73 Å². The molecule has 25 heavy (non-hydrogen) atoms. The Labute approximate surface area is 157 Å². The third kappa shape index (κ3) is 11.2. The van der Waals surface area contributed by atoms with Crippen LogP contribution < -0.4 is 11.1 Å². The summed E-state index contributed by atoms with van der Waals surface area (Å²) in [7, 11) is 8.45. The summed E-state index contributed by atoms with van der Waals surface area (Å²) in [5.41, 5.74) is 5.66. The number of nitrogens with one attached hydrogen (secondary N) is 1. The summed E-state index contributed by atoms with van der Waals surface area (Å²) >= 11 is 0. The highest BCUT2D eigenvalue weighted by Gasteiger charge is 2.20. The SMILES string of the molecule is CC(CN(C)C)NC(C)(C)CN.CCN1CCN(C(C)N(C)C)CC1. The van der Waals surface area contributed by atoms with Crippen LogP contribution in [0.15, 0.2) is 0 Å². The summed E-state index contributed by atoms with van der Waals surface area (Å²) in [4.78, 5) is 9.51. The van der Waals surface area contributed by atoms with Gasteiger partial charge in [-0.05, 0) is 62.4 Å². The maximum atomic E-state index is 5.61. The van der Waals surface area contributed by atoms with E-state index in [0.717, 1.165) is 6.54 Å². The number of hydrogen-bond donors (Lipinski definition) is 2. The minimum atomic E-state index is 0.0510. The average Bonchev–Trinajstić information content (AvgIpc) is 2.53. The molecular weight excluding hydrogens is 312 g/mol. The molecule has 1 heterocycles. The Bertz CT molecular complexity index is 324. The fraction of sp³-hybridized carbons (Fsp3) is 1.00.